The number of carbonyl (C=O) groups is 3. The van der Waals surface area contributed by atoms with E-state index in [1.54, 1.807) is 6.92 Å². The number of aliphatic carboxylic acids is 1. The van der Waals surface area contributed by atoms with Gasteiger partial charge in [0.05, 0.1) is 0 Å². The van der Waals surface area contributed by atoms with E-state index in [4.69, 9.17) is 5.11 Å². The summed E-state index contributed by atoms with van der Waals surface area (Å²) in [6, 6.07) is -0.993. The molecule has 0 radical (unpaired) electrons. The van der Waals surface area contributed by atoms with E-state index in [-0.39, 0.29) is 12.8 Å². The van der Waals surface area contributed by atoms with Crippen LogP contribution in [-0.4, -0.2) is 39.6 Å². The van der Waals surface area contributed by atoms with Gasteiger partial charge in [-0.15, -0.1) is 0 Å². The number of hydrogen-bond donors (Lipinski definition) is 2. The van der Waals surface area contributed by atoms with Crippen LogP contribution in [0.5, 0.6) is 0 Å². The van der Waals surface area contributed by atoms with E-state index in [9.17, 15) is 14.4 Å². The molecule has 0 spiro atoms. The van der Waals surface area contributed by atoms with Crippen LogP contribution < -0.4 is 0 Å². The Bertz CT molecular complexity index is 304. The monoisotopic (exact) mass is 231 g/mol. The largest absolute Gasteiger partial charge is 0.480 e. The third-order valence-corrected chi connectivity index (χ3v) is 2.98. The number of likely N-dealkylation sites (tertiary alicyclic amines) is 1. The lowest BCUT2D eigenvalue weighted by atomic mass is 10.1. The second-order valence-corrected chi connectivity index (χ2v) is 3.94. The van der Waals surface area contributed by atoms with Crippen molar-refractivity contribution in [3.05, 3.63) is 0 Å². The molecule has 0 unspecified atom stereocenters. The highest BCUT2D eigenvalue weighted by Crippen LogP contribution is 2.21. The van der Waals surface area contributed by atoms with Crippen molar-refractivity contribution in [2.24, 2.45) is 5.92 Å². The van der Waals surface area contributed by atoms with Crippen LogP contribution in [0.3, 0.4) is 0 Å². The molecule has 1 aliphatic heterocycles. The minimum absolute atomic E-state index is 0.127. The van der Waals surface area contributed by atoms with Crippen LogP contribution in [0.2, 0.25) is 0 Å². The molecule has 15 heavy (non-hydrogen) atoms. The fourth-order valence-electron chi connectivity index (χ4n) is 1.51. The Morgan fingerprint density at radius 1 is 1.67 bits per heavy atom. The van der Waals surface area contributed by atoms with Gasteiger partial charge in [-0.1, -0.05) is 6.92 Å². The van der Waals surface area contributed by atoms with Crippen molar-refractivity contribution in [1.29, 1.82) is 0 Å². The Morgan fingerprint density at radius 2 is 2.27 bits per heavy atom. The highest BCUT2D eigenvalue weighted by molar-refractivity contribution is 7.80. The second kappa shape index (κ2) is 4.65. The third kappa shape index (κ3) is 2.31. The molecule has 0 bridgehead atoms. The van der Waals surface area contributed by atoms with Gasteiger partial charge in [0.2, 0.25) is 11.8 Å². The zero-order valence-corrected chi connectivity index (χ0v) is 9.24. The molecule has 0 aromatic rings. The van der Waals surface area contributed by atoms with Crippen molar-refractivity contribution in [3.8, 4) is 0 Å². The lowest BCUT2D eigenvalue weighted by molar-refractivity contribution is -0.155. The van der Waals surface area contributed by atoms with Gasteiger partial charge in [0.25, 0.3) is 0 Å². The molecule has 1 saturated heterocycles. The Labute approximate surface area is 92.8 Å². The normalized spacial score (nSPS) is 22.9. The molecule has 1 N–H and O–H groups in total. The number of amides is 2. The van der Waals surface area contributed by atoms with E-state index in [0.717, 1.165) is 4.90 Å². The van der Waals surface area contributed by atoms with E-state index in [2.05, 4.69) is 12.6 Å². The van der Waals surface area contributed by atoms with Crippen molar-refractivity contribution < 1.29 is 19.5 Å². The third-order valence-electron chi connectivity index (χ3n) is 2.43. The number of rotatable bonds is 3. The van der Waals surface area contributed by atoms with Gasteiger partial charge in [0.15, 0.2) is 0 Å². The minimum atomic E-state index is -1.12. The molecule has 0 aromatic carbocycles. The fraction of sp³-hybridized carbons (Fsp3) is 0.667. The van der Waals surface area contributed by atoms with Gasteiger partial charge in [0.1, 0.15) is 6.04 Å². The molecule has 1 fully saturated rings. The smallest absolute Gasteiger partial charge is 0.326 e. The van der Waals surface area contributed by atoms with E-state index < -0.39 is 29.7 Å². The molecule has 0 aromatic heterocycles. The molecular formula is C9H13NO4S. The molecule has 5 nitrogen and oxygen atoms in total. The molecule has 2 atom stereocenters. The van der Waals surface area contributed by atoms with Crippen molar-refractivity contribution in [1.82, 2.24) is 4.90 Å². The van der Waals surface area contributed by atoms with E-state index >= 15 is 0 Å². The predicted molar refractivity (Wildman–Crippen MR) is 55.5 cm³/mol. The second-order valence-electron chi connectivity index (χ2n) is 3.58. The zero-order chi connectivity index (χ0) is 11.6. The quantitative estimate of drug-likeness (QED) is 0.678. The Morgan fingerprint density at radius 3 is 2.73 bits per heavy atom. The van der Waals surface area contributed by atoms with Crippen LogP contribution >= 0.6 is 12.6 Å². The van der Waals surface area contributed by atoms with Crippen LogP contribution in [0.4, 0.5) is 0 Å². The van der Waals surface area contributed by atoms with Gasteiger partial charge in [0, 0.05) is 18.1 Å². The summed E-state index contributed by atoms with van der Waals surface area (Å²) in [5.74, 6) is -2.10. The van der Waals surface area contributed by atoms with Gasteiger partial charge in [-0.3, -0.25) is 14.5 Å². The summed E-state index contributed by atoms with van der Waals surface area (Å²) in [6.45, 7) is 1.62. The van der Waals surface area contributed by atoms with E-state index in [0.29, 0.717) is 5.75 Å². The van der Waals surface area contributed by atoms with Crippen LogP contribution in [0, 0.1) is 5.92 Å². The molecule has 2 amide bonds. The number of nitrogens with zero attached hydrogens (tertiary/aromatic N) is 1. The molecule has 6 heteroatoms. The Kier molecular flexibility index (Phi) is 3.73. The highest BCUT2D eigenvalue weighted by atomic mass is 32.1. The molecule has 1 aliphatic rings. The lowest BCUT2D eigenvalue weighted by Gasteiger charge is -2.22. The zero-order valence-electron chi connectivity index (χ0n) is 8.34. The Balaban J connectivity index is 2.85. The summed E-state index contributed by atoms with van der Waals surface area (Å²) < 4.78 is 0. The number of carbonyl (C=O) groups excluding carboxylic acids is 2. The standard InChI is InChI=1S/C9H13NO4S/c1-5(4-15)8(12)10-6(9(13)14)2-3-7(10)11/h5-6,15H,2-4H2,1H3,(H,13,14)/t5-,6+/m0/s1. The van der Waals surface area contributed by atoms with E-state index in [1.807, 2.05) is 0 Å². The molecule has 0 aliphatic carbocycles. The SMILES string of the molecule is C[C@@H](CS)C(=O)N1C(=O)CC[C@@H]1C(=O)O. The molecule has 84 valence electrons. The molecular weight excluding hydrogens is 218 g/mol. The first-order valence-electron chi connectivity index (χ1n) is 4.68. The first-order chi connectivity index (χ1) is 6.99. The predicted octanol–water partition coefficient (Wildman–Crippen LogP) is 0.154. The molecule has 1 rings (SSSR count). The topological polar surface area (TPSA) is 74.7 Å². The number of carboxylic acid groups (broad SMARTS) is 1. The van der Waals surface area contributed by atoms with Crippen molar-refractivity contribution in [3.63, 3.8) is 0 Å². The van der Waals surface area contributed by atoms with Gasteiger partial charge >= 0.3 is 5.97 Å². The van der Waals surface area contributed by atoms with Crippen molar-refractivity contribution in [2.45, 2.75) is 25.8 Å². The van der Waals surface area contributed by atoms with Crippen LogP contribution in [0.1, 0.15) is 19.8 Å². The summed E-state index contributed by atoms with van der Waals surface area (Å²) >= 11 is 3.95. The number of imide groups is 1. The summed E-state index contributed by atoms with van der Waals surface area (Å²) in [5.41, 5.74) is 0. The lowest BCUT2D eigenvalue weighted by Crippen LogP contribution is -2.45. The van der Waals surface area contributed by atoms with Gasteiger partial charge in [-0.25, -0.2) is 4.79 Å². The average Bonchev–Trinajstić information content (AvgIpc) is 2.58. The summed E-state index contributed by atoms with van der Waals surface area (Å²) in [4.78, 5) is 34.7. The number of thiol groups is 1. The highest BCUT2D eigenvalue weighted by Gasteiger charge is 2.41. The van der Waals surface area contributed by atoms with E-state index in [1.165, 1.54) is 0 Å². The van der Waals surface area contributed by atoms with Gasteiger partial charge in [-0.2, -0.15) is 12.6 Å². The summed E-state index contributed by atoms with van der Waals surface area (Å²) in [5, 5.41) is 8.84. The van der Waals surface area contributed by atoms with Gasteiger partial charge in [-0.05, 0) is 6.42 Å². The number of hydrogen-bond acceptors (Lipinski definition) is 4. The first kappa shape index (κ1) is 12.0. The number of carboxylic acids is 1. The molecule has 0 saturated carbocycles. The van der Waals surface area contributed by atoms with Crippen LogP contribution in [0.15, 0.2) is 0 Å². The average molecular weight is 231 g/mol. The van der Waals surface area contributed by atoms with Crippen LogP contribution in [0.25, 0.3) is 0 Å². The Hall–Kier alpha value is -1.04. The van der Waals surface area contributed by atoms with Crippen molar-refractivity contribution >= 4 is 30.4 Å². The maximum Gasteiger partial charge on any atom is 0.326 e. The first-order valence-corrected chi connectivity index (χ1v) is 5.31. The van der Waals surface area contributed by atoms with Crippen molar-refractivity contribution in [2.75, 3.05) is 5.75 Å². The maximum absolute atomic E-state index is 11.7. The summed E-state index contributed by atoms with van der Waals surface area (Å²) in [6.07, 6.45) is 0.335. The maximum atomic E-state index is 11.7. The van der Waals surface area contributed by atoms with Crippen LogP contribution in [-0.2, 0) is 14.4 Å². The molecule has 1 heterocycles. The summed E-state index contributed by atoms with van der Waals surface area (Å²) in [7, 11) is 0. The fourth-order valence-corrected chi connectivity index (χ4v) is 1.67. The minimum Gasteiger partial charge on any atom is -0.480 e. The van der Waals surface area contributed by atoms with Gasteiger partial charge < -0.3 is 5.11 Å².